The molecule has 1 aromatic carbocycles. The number of rotatable bonds is 7. The monoisotopic (exact) mass is 443 g/mol. The van der Waals surface area contributed by atoms with E-state index in [0.29, 0.717) is 16.7 Å². The summed E-state index contributed by atoms with van der Waals surface area (Å²) < 4.78 is 41.6. The van der Waals surface area contributed by atoms with Crippen molar-refractivity contribution < 1.29 is 32.6 Å². The van der Waals surface area contributed by atoms with Gasteiger partial charge in [0.15, 0.2) is 6.61 Å². The Morgan fingerprint density at radius 3 is 2.77 bits per heavy atom. The largest absolute Gasteiger partial charge is 0.483 e. The molecule has 2 heterocycles. The van der Waals surface area contributed by atoms with Gasteiger partial charge in [-0.3, -0.25) is 14.6 Å². The Morgan fingerprint density at radius 1 is 1.33 bits per heavy atom. The quantitative estimate of drug-likeness (QED) is 0.686. The number of nitrogens with one attached hydrogen (secondary N) is 1. The van der Waals surface area contributed by atoms with E-state index < -0.39 is 18.7 Å². The predicted molar refractivity (Wildman–Crippen MR) is 100 cm³/mol. The van der Waals surface area contributed by atoms with Crippen molar-refractivity contribution in [1.82, 2.24) is 15.2 Å². The number of aliphatic hydroxyl groups is 1. The van der Waals surface area contributed by atoms with E-state index in [1.54, 1.807) is 0 Å². The van der Waals surface area contributed by atoms with Crippen LogP contribution in [-0.2, 0) is 13.1 Å². The summed E-state index contributed by atoms with van der Waals surface area (Å²) in [5, 5.41) is 11.3. The molecule has 0 unspecified atom stereocenters. The summed E-state index contributed by atoms with van der Waals surface area (Å²) in [5.41, 5.74) is 1.50. The molecule has 2 N–H and O–H groups in total. The number of alkyl halides is 3. The summed E-state index contributed by atoms with van der Waals surface area (Å²) in [5.74, 6) is -0.914. The van der Waals surface area contributed by atoms with Gasteiger partial charge in [0.25, 0.3) is 11.8 Å². The summed E-state index contributed by atoms with van der Waals surface area (Å²) in [4.78, 5) is 30.4. The van der Waals surface area contributed by atoms with Crippen LogP contribution in [0.2, 0.25) is 5.02 Å². The van der Waals surface area contributed by atoms with Crippen molar-refractivity contribution in [3.05, 3.63) is 57.9 Å². The summed E-state index contributed by atoms with van der Waals surface area (Å²) >= 11 is 6.01. The van der Waals surface area contributed by atoms with Crippen molar-refractivity contribution in [2.24, 2.45) is 0 Å². The molecule has 2 aromatic rings. The van der Waals surface area contributed by atoms with Crippen LogP contribution in [0.4, 0.5) is 13.2 Å². The molecule has 0 spiro atoms. The lowest BCUT2D eigenvalue weighted by Crippen LogP contribution is -2.28. The third-order valence-corrected chi connectivity index (χ3v) is 4.59. The number of amides is 2. The molecule has 0 aliphatic carbocycles. The van der Waals surface area contributed by atoms with Crippen LogP contribution in [0.3, 0.4) is 0 Å². The molecule has 0 saturated carbocycles. The van der Waals surface area contributed by atoms with Gasteiger partial charge in [0.2, 0.25) is 0 Å². The zero-order valence-electron chi connectivity index (χ0n) is 15.5. The molecule has 0 atom stereocenters. The van der Waals surface area contributed by atoms with E-state index >= 15 is 0 Å². The Morgan fingerprint density at radius 2 is 2.10 bits per heavy atom. The molecule has 30 heavy (non-hydrogen) atoms. The minimum Gasteiger partial charge on any atom is -0.483 e. The Bertz CT molecular complexity index is 969. The average Bonchev–Trinajstić information content (AvgIpc) is 3.00. The zero-order valence-corrected chi connectivity index (χ0v) is 16.3. The Balaban J connectivity index is 1.73. The van der Waals surface area contributed by atoms with E-state index in [9.17, 15) is 22.8 Å². The first-order valence-corrected chi connectivity index (χ1v) is 9.21. The van der Waals surface area contributed by atoms with E-state index in [1.807, 2.05) is 0 Å². The van der Waals surface area contributed by atoms with Crippen molar-refractivity contribution >= 4 is 23.4 Å². The lowest BCUT2D eigenvalue weighted by atomic mass is 10.1. The molecule has 7 nitrogen and oxygen atoms in total. The molecule has 1 aromatic heterocycles. The molecular weight excluding hydrogens is 427 g/mol. The predicted octanol–water partition coefficient (Wildman–Crippen LogP) is 2.55. The average molecular weight is 444 g/mol. The van der Waals surface area contributed by atoms with Crippen LogP contribution in [-0.4, -0.2) is 52.7 Å². The van der Waals surface area contributed by atoms with Gasteiger partial charge in [0, 0.05) is 37.0 Å². The summed E-state index contributed by atoms with van der Waals surface area (Å²) in [6.45, 7) is -1.36. The highest BCUT2D eigenvalue weighted by atomic mass is 35.5. The highest BCUT2D eigenvalue weighted by molar-refractivity contribution is 6.32. The van der Waals surface area contributed by atoms with Crippen molar-refractivity contribution in [3.8, 4) is 5.75 Å². The van der Waals surface area contributed by atoms with Crippen molar-refractivity contribution in [3.63, 3.8) is 0 Å². The van der Waals surface area contributed by atoms with Crippen LogP contribution in [0.1, 0.15) is 32.0 Å². The van der Waals surface area contributed by atoms with Gasteiger partial charge in [0.05, 0.1) is 11.6 Å². The number of carbonyl (C=O) groups excluding carboxylic acids is 2. The SMILES string of the molecule is O=C(NCCO)c1nccc2c1CN(Cc1ccc(OCC(F)(F)F)c(Cl)c1)C2=O. The molecule has 0 fully saturated rings. The number of ether oxygens (including phenoxy) is 1. The normalized spacial score (nSPS) is 13.4. The van der Waals surface area contributed by atoms with E-state index in [0.717, 1.165) is 0 Å². The van der Waals surface area contributed by atoms with E-state index in [-0.39, 0.29) is 48.6 Å². The molecule has 1 aliphatic rings. The summed E-state index contributed by atoms with van der Waals surface area (Å²) in [7, 11) is 0. The highest BCUT2D eigenvalue weighted by Crippen LogP contribution is 2.30. The number of hydrogen-bond donors (Lipinski definition) is 2. The Hall–Kier alpha value is -2.85. The number of hydrogen-bond acceptors (Lipinski definition) is 5. The first kappa shape index (κ1) is 21.8. The van der Waals surface area contributed by atoms with E-state index in [4.69, 9.17) is 16.7 Å². The number of aromatic nitrogens is 1. The number of pyridine rings is 1. The van der Waals surface area contributed by atoms with Gasteiger partial charge in [-0.25, -0.2) is 0 Å². The number of halogens is 4. The Kier molecular flexibility index (Phi) is 6.47. The Labute approximate surface area is 174 Å². The molecule has 2 amide bonds. The molecular formula is C19H17ClF3N3O4. The van der Waals surface area contributed by atoms with Gasteiger partial charge in [-0.1, -0.05) is 17.7 Å². The number of fused-ring (bicyclic) bond motifs is 1. The molecule has 3 rings (SSSR count). The molecule has 0 radical (unpaired) electrons. The maximum atomic E-state index is 12.7. The minimum absolute atomic E-state index is 0.00773. The highest BCUT2D eigenvalue weighted by Gasteiger charge is 2.32. The fourth-order valence-corrected chi connectivity index (χ4v) is 3.26. The summed E-state index contributed by atoms with van der Waals surface area (Å²) in [6.07, 6.45) is -3.12. The molecule has 0 saturated heterocycles. The molecule has 160 valence electrons. The molecule has 1 aliphatic heterocycles. The van der Waals surface area contributed by atoms with Crippen LogP contribution in [0, 0.1) is 0 Å². The second kappa shape index (κ2) is 8.88. The van der Waals surface area contributed by atoms with Crippen LogP contribution in [0.5, 0.6) is 5.75 Å². The second-order valence-electron chi connectivity index (χ2n) is 6.50. The van der Waals surface area contributed by atoms with Crippen molar-refractivity contribution in [2.45, 2.75) is 19.3 Å². The van der Waals surface area contributed by atoms with Crippen LogP contribution < -0.4 is 10.1 Å². The van der Waals surface area contributed by atoms with Crippen LogP contribution in [0.15, 0.2) is 30.5 Å². The van der Waals surface area contributed by atoms with Crippen LogP contribution in [0.25, 0.3) is 0 Å². The fraction of sp³-hybridized carbons (Fsp3) is 0.316. The number of benzene rings is 1. The van der Waals surface area contributed by atoms with Crippen LogP contribution >= 0.6 is 11.6 Å². The van der Waals surface area contributed by atoms with Gasteiger partial charge in [-0.15, -0.1) is 0 Å². The molecule has 0 bridgehead atoms. The first-order chi connectivity index (χ1) is 14.2. The minimum atomic E-state index is -4.48. The standard InChI is InChI=1S/C19H17ClF3N3O4/c20-14-7-11(1-2-15(14)30-10-19(21,22)23)8-26-9-13-12(18(26)29)3-4-24-16(13)17(28)25-5-6-27/h1-4,7,27H,5-6,8-10H2,(H,25,28). The first-order valence-electron chi connectivity index (χ1n) is 8.84. The lowest BCUT2D eigenvalue weighted by molar-refractivity contribution is -0.153. The van der Waals surface area contributed by atoms with Crippen molar-refractivity contribution in [1.29, 1.82) is 0 Å². The third-order valence-electron chi connectivity index (χ3n) is 4.30. The number of nitrogens with zero attached hydrogens (tertiary/aromatic N) is 2. The maximum absolute atomic E-state index is 12.7. The van der Waals surface area contributed by atoms with Gasteiger partial charge >= 0.3 is 6.18 Å². The summed E-state index contributed by atoms with van der Waals surface area (Å²) in [6, 6.07) is 5.77. The fourth-order valence-electron chi connectivity index (χ4n) is 3.00. The van der Waals surface area contributed by atoms with Gasteiger partial charge in [-0.05, 0) is 23.8 Å². The van der Waals surface area contributed by atoms with Gasteiger partial charge in [0.1, 0.15) is 11.4 Å². The topological polar surface area (TPSA) is 91.8 Å². The zero-order chi connectivity index (χ0) is 21.9. The number of carbonyl (C=O) groups is 2. The maximum Gasteiger partial charge on any atom is 0.422 e. The number of aliphatic hydroxyl groups excluding tert-OH is 1. The van der Waals surface area contributed by atoms with Crippen molar-refractivity contribution in [2.75, 3.05) is 19.8 Å². The smallest absolute Gasteiger partial charge is 0.422 e. The van der Waals surface area contributed by atoms with E-state index in [1.165, 1.54) is 35.4 Å². The van der Waals surface area contributed by atoms with Gasteiger partial charge in [-0.2, -0.15) is 13.2 Å². The third kappa shape index (κ3) is 5.00. The lowest BCUT2D eigenvalue weighted by Gasteiger charge is -2.17. The van der Waals surface area contributed by atoms with E-state index in [2.05, 4.69) is 15.0 Å². The molecule has 11 heteroatoms. The second-order valence-corrected chi connectivity index (χ2v) is 6.90. The van der Waals surface area contributed by atoms with Gasteiger partial charge < -0.3 is 20.1 Å².